The highest BCUT2D eigenvalue weighted by Crippen LogP contribution is 2.25. The van der Waals surface area contributed by atoms with Crippen molar-refractivity contribution in [1.29, 1.82) is 0 Å². The third-order valence-electron chi connectivity index (χ3n) is 4.40. The van der Waals surface area contributed by atoms with Crippen molar-refractivity contribution < 1.29 is 28.9 Å². The summed E-state index contributed by atoms with van der Waals surface area (Å²) in [5.74, 6) is -1.15. The molecule has 0 saturated carbocycles. The first-order valence-electron chi connectivity index (χ1n) is 9.82. The van der Waals surface area contributed by atoms with Crippen LogP contribution in [0.4, 0.5) is 0 Å². The van der Waals surface area contributed by atoms with E-state index in [4.69, 9.17) is 14.2 Å². The Bertz CT molecular complexity index is 1210. The second-order valence-electron chi connectivity index (χ2n) is 6.73. The van der Waals surface area contributed by atoms with Gasteiger partial charge in [-0.15, -0.1) is 11.3 Å². The predicted molar refractivity (Wildman–Crippen MR) is 123 cm³/mol. The largest absolute Gasteiger partial charge is 0.459 e. The molecule has 0 aliphatic heterocycles. The summed E-state index contributed by atoms with van der Waals surface area (Å²) in [5, 5.41) is 11.0. The fourth-order valence-electron chi connectivity index (χ4n) is 2.83. The Morgan fingerprint density at radius 2 is 1.75 bits per heavy atom. The van der Waals surface area contributed by atoms with Gasteiger partial charge in [0.2, 0.25) is 0 Å². The minimum absolute atomic E-state index is 0.0415. The normalized spacial score (nSPS) is 12.2. The van der Waals surface area contributed by atoms with Crippen LogP contribution in [0.5, 0.6) is 0 Å². The van der Waals surface area contributed by atoms with Crippen molar-refractivity contribution in [2.75, 3.05) is 26.4 Å². The van der Waals surface area contributed by atoms with E-state index < -0.39 is 18.0 Å². The van der Waals surface area contributed by atoms with Crippen LogP contribution in [0.15, 0.2) is 72.1 Å². The molecule has 1 aromatic heterocycles. The molecule has 0 fully saturated rings. The highest BCUT2D eigenvalue weighted by molar-refractivity contribution is 7.24. The zero-order chi connectivity index (χ0) is 22.9. The smallest absolute Gasteiger partial charge is 0.338 e. The van der Waals surface area contributed by atoms with Gasteiger partial charge in [-0.2, -0.15) is 0 Å². The van der Waals surface area contributed by atoms with Crippen LogP contribution in [0.3, 0.4) is 0 Å². The number of carbonyl (C=O) groups is 2. The van der Waals surface area contributed by atoms with Gasteiger partial charge in [0.15, 0.2) is 5.43 Å². The van der Waals surface area contributed by atoms with Gasteiger partial charge < -0.3 is 19.3 Å². The van der Waals surface area contributed by atoms with Gasteiger partial charge in [-0.05, 0) is 36.4 Å². The lowest BCUT2D eigenvalue weighted by atomic mass is 10.1. The molecule has 0 saturated heterocycles. The zero-order valence-electron chi connectivity index (χ0n) is 17.2. The molecule has 1 atom stereocenters. The Hall–Kier alpha value is -3.33. The van der Waals surface area contributed by atoms with Crippen molar-refractivity contribution in [3.63, 3.8) is 0 Å². The number of hydrogen-bond donors (Lipinski definition) is 1. The van der Waals surface area contributed by atoms with Crippen LogP contribution in [-0.2, 0) is 19.0 Å². The molecular weight excluding hydrogens is 432 g/mol. The summed E-state index contributed by atoms with van der Waals surface area (Å²) in [5.41, 5.74) is 0.104. The third kappa shape index (κ3) is 6.10. The minimum atomic E-state index is -1.01. The predicted octanol–water partition coefficient (Wildman–Crippen LogP) is 3.23. The van der Waals surface area contributed by atoms with Gasteiger partial charge >= 0.3 is 11.9 Å². The van der Waals surface area contributed by atoms with Crippen LogP contribution in [0.25, 0.3) is 20.2 Å². The summed E-state index contributed by atoms with van der Waals surface area (Å²) in [7, 11) is 0. The van der Waals surface area contributed by atoms with Gasteiger partial charge in [0, 0.05) is 26.2 Å². The quantitative estimate of drug-likeness (QED) is 0.165. The average Bonchev–Trinajstić information content (AvgIpc) is 2.81. The second-order valence-corrected chi connectivity index (χ2v) is 7.82. The molecule has 0 aliphatic rings. The maximum Gasteiger partial charge on any atom is 0.338 e. The van der Waals surface area contributed by atoms with Gasteiger partial charge in [0.25, 0.3) is 0 Å². The molecule has 8 heteroatoms. The monoisotopic (exact) mass is 454 g/mol. The standard InChI is InChI=1S/C24H22O7S/c1-2-22(26)30-12-6-5-11-29-14-17(25)15-31-24(28)16-9-10-21-19(13-16)23(27)18-7-3-4-8-20(18)32-21/h2-10,13,17,25H,1,11-12,14-15H2/b6-5+. The number of carbonyl (C=O) groups excluding carboxylic acids is 2. The number of fused-ring (bicyclic) bond motifs is 2. The van der Waals surface area contributed by atoms with E-state index in [1.165, 1.54) is 17.4 Å². The molecule has 0 aliphatic carbocycles. The molecule has 1 N–H and O–H groups in total. The van der Waals surface area contributed by atoms with Crippen LogP contribution < -0.4 is 5.43 Å². The molecule has 0 radical (unpaired) electrons. The molecule has 1 heterocycles. The van der Waals surface area contributed by atoms with Crippen molar-refractivity contribution >= 4 is 43.4 Å². The van der Waals surface area contributed by atoms with E-state index in [0.29, 0.717) is 10.8 Å². The lowest BCUT2D eigenvalue weighted by Crippen LogP contribution is -2.24. The molecular formula is C24H22O7S. The first kappa shape index (κ1) is 23.3. The van der Waals surface area contributed by atoms with Gasteiger partial charge in [0.05, 0.1) is 18.8 Å². The highest BCUT2D eigenvalue weighted by Gasteiger charge is 2.14. The number of rotatable bonds is 10. The first-order chi connectivity index (χ1) is 15.5. The van der Waals surface area contributed by atoms with Crippen LogP contribution in [-0.4, -0.2) is 49.6 Å². The first-order valence-corrected chi connectivity index (χ1v) is 10.6. The third-order valence-corrected chi connectivity index (χ3v) is 5.55. The van der Waals surface area contributed by atoms with Crippen LogP contribution in [0.1, 0.15) is 10.4 Å². The molecule has 1 unspecified atom stereocenters. The summed E-state index contributed by atoms with van der Waals surface area (Å²) >= 11 is 1.48. The maximum absolute atomic E-state index is 12.8. The number of aliphatic hydroxyl groups excluding tert-OH is 1. The topological polar surface area (TPSA) is 99.1 Å². The van der Waals surface area contributed by atoms with Crippen molar-refractivity contribution in [2.24, 2.45) is 0 Å². The Kier molecular flexibility index (Phi) is 8.27. The maximum atomic E-state index is 12.8. The molecule has 2 aromatic carbocycles. The van der Waals surface area contributed by atoms with Crippen LogP contribution in [0, 0.1) is 0 Å². The molecule has 3 aromatic rings. The molecule has 166 valence electrons. The molecule has 3 rings (SSSR count). The Labute approximate surface area is 188 Å². The molecule has 0 amide bonds. The summed E-state index contributed by atoms with van der Waals surface area (Å²) in [6, 6.07) is 12.2. The van der Waals surface area contributed by atoms with Crippen LogP contribution >= 0.6 is 11.3 Å². The van der Waals surface area contributed by atoms with Gasteiger partial charge in [0.1, 0.15) is 19.3 Å². The van der Waals surface area contributed by atoms with Crippen molar-refractivity contribution in [2.45, 2.75) is 6.10 Å². The van der Waals surface area contributed by atoms with E-state index >= 15 is 0 Å². The molecule has 32 heavy (non-hydrogen) atoms. The highest BCUT2D eigenvalue weighted by atomic mass is 32.1. The number of esters is 2. The number of ether oxygens (including phenoxy) is 3. The van der Waals surface area contributed by atoms with Gasteiger partial charge in [-0.25, -0.2) is 9.59 Å². The van der Waals surface area contributed by atoms with Crippen molar-refractivity contribution in [1.82, 2.24) is 0 Å². The van der Waals surface area contributed by atoms with Gasteiger partial charge in [-0.1, -0.05) is 24.8 Å². The Morgan fingerprint density at radius 3 is 2.56 bits per heavy atom. The molecule has 7 nitrogen and oxygen atoms in total. The fraction of sp³-hybridized carbons (Fsp3) is 0.208. The summed E-state index contributed by atoms with van der Waals surface area (Å²) in [6.07, 6.45) is 3.30. The molecule has 0 spiro atoms. The molecule has 0 bridgehead atoms. The van der Waals surface area contributed by atoms with Crippen LogP contribution in [0.2, 0.25) is 0 Å². The summed E-state index contributed by atoms with van der Waals surface area (Å²) in [4.78, 5) is 36.0. The van der Waals surface area contributed by atoms with E-state index in [9.17, 15) is 19.5 Å². The zero-order valence-corrected chi connectivity index (χ0v) is 18.0. The lowest BCUT2D eigenvalue weighted by Gasteiger charge is -2.11. The summed E-state index contributed by atoms with van der Waals surface area (Å²) < 4.78 is 16.8. The Morgan fingerprint density at radius 1 is 1.00 bits per heavy atom. The number of benzene rings is 2. The SMILES string of the molecule is C=CC(=O)OC/C=C/COCC(O)COC(=O)c1ccc2sc3ccccc3c(=O)c2c1. The number of aliphatic hydroxyl groups is 1. The van der Waals surface area contributed by atoms with E-state index in [0.717, 1.165) is 15.5 Å². The average molecular weight is 455 g/mol. The van der Waals surface area contributed by atoms with Gasteiger partial charge in [-0.3, -0.25) is 4.79 Å². The Balaban J connectivity index is 1.50. The van der Waals surface area contributed by atoms with E-state index in [-0.39, 0.29) is 37.4 Å². The second kappa shape index (κ2) is 11.3. The fourth-order valence-corrected chi connectivity index (χ4v) is 3.88. The van der Waals surface area contributed by atoms with E-state index in [1.54, 1.807) is 36.4 Å². The minimum Gasteiger partial charge on any atom is -0.459 e. The number of hydrogen-bond acceptors (Lipinski definition) is 8. The lowest BCUT2D eigenvalue weighted by molar-refractivity contribution is -0.136. The van der Waals surface area contributed by atoms with E-state index in [2.05, 4.69) is 6.58 Å². The summed E-state index contributed by atoms with van der Waals surface area (Å²) in [6.45, 7) is 3.29. The van der Waals surface area contributed by atoms with Crippen molar-refractivity contribution in [3.8, 4) is 0 Å². The van der Waals surface area contributed by atoms with Crippen molar-refractivity contribution in [3.05, 3.63) is 83.1 Å². The van der Waals surface area contributed by atoms with E-state index in [1.807, 2.05) is 12.1 Å².